The van der Waals surface area contributed by atoms with Crippen LogP contribution in [0.2, 0.25) is 0 Å². The maximum atomic E-state index is 8.88. The SMILES string of the molecule is COc1ccc(N(C)CO)cc1Br. The summed E-state index contributed by atoms with van der Waals surface area (Å²) in [6.45, 7) is -0.00122. The highest BCUT2D eigenvalue weighted by Crippen LogP contribution is 2.28. The van der Waals surface area contributed by atoms with E-state index in [1.165, 1.54) is 0 Å². The second-order valence-corrected chi connectivity index (χ2v) is 3.51. The fourth-order valence-electron chi connectivity index (χ4n) is 0.974. The standard InChI is InChI=1S/C9H12BrNO2/c1-11(6-12)7-3-4-9(13-2)8(10)5-7/h3-5,12H,6H2,1-2H3. The number of rotatable bonds is 3. The van der Waals surface area contributed by atoms with Crippen LogP contribution in [0.3, 0.4) is 0 Å². The number of methoxy groups -OCH3 is 1. The van der Waals surface area contributed by atoms with Crippen molar-refractivity contribution in [3.63, 3.8) is 0 Å². The number of aliphatic hydroxyl groups excluding tert-OH is 1. The van der Waals surface area contributed by atoms with Crippen molar-refractivity contribution in [2.45, 2.75) is 0 Å². The van der Waals surface area contributed by atoms with Gasteiger partial charge < -0.3 is 14.7 Å². The van der Waals surface area contributed by atoms with Crippen molar-refractivity contribution in [2.75, 3.05) is 25.8 Å². The Bertz CT molecular complexity index is 291. The van der Waals surface area contributed by atoms with E-state index in [2.05, 4.69) is 15.9 Å². The molecule has 72 valence electrons. The first-order valence-electron chi connectivity index (χ1n) is 3.84. The highest BCUT2D eigenvalue weighted by Gasteiger charge is 2.03. The molecule has 0 aliphatic carbocycles. The minimum Gasteiger partial charge on any atom is -0.496 e. The number of benzene rings is 1. The Morgan fingerprint density at radius 3 is 2.69 bits per heavy atom. The summed E-state index contributed by atoms with van der Waals surface area (Å²) < 4.78 is 5.97. The summed E-state index contributed by atoms with van der Waals surface area (Å²) in [6, 6.07) is 5.64. The van der Waals surface area contributed by atoms with E-state index in [0.717, 1.165) is 15.9 Å². The van der Waals surface area contributed by atoms with Gasteiger partial charge in [-0.2, -0.15) is 0 Å². The van der Waals surface area contributed by atoms with Crippen LogP contribution < -0.4 is 9.64 Å². The molecule has 0 aliphatic rings. The highest BCUT2D eigenvalue weighted by atomic mass is 79.9. The molecule has 0 unspecified atom stereocenters. The van der Waals surface area contributed by atoms with Crippen molar-refractivity contribution in [3.05, 3.63) is 22.7 Å². The normalized spacial score (nSPS) is 9.85. The minimum atomic E-state index is -0.00122. The second-order valence-electron chi connectivity index (χ2n) is 2.66. The molecule has 0 saturated heterocycles. The predicted octanol–water partition coefficient (Wildman–Crippen LogP) is 1.84. The van der Waals surface area contributed by atoms with E-state index >= 15 is 0 Å². The van der Waals surface area contributed by atoms with Crippen molar-refractivity contribution >= 4 is 21.6 Å². The van der Waals surface area contributed by atoms with Crippen LogP contribution in [0.5, 0.6) is 5.75 Å². The fourth-order valence-corrected chi connectivity index (χ4v) is 1.50. The van der Waals surface area contributed by atoms with Crippen LogP contribution in [-0.2, 0) is 0 Å². The maximum absolute atomic E-state index is 8.88. The van der Waals surface area contributed by atoms with Crippen molar-refractivity contribution in [1.82, 2.24) is 0 Å². The van der Waals surface area contributed by atoms with Gasteiger partial charge in [0.2, 0.25) is 0 Å². The van der Waals surface area contributed by atoms with Gasteiger partial charge in [0.05, 0.1) is 11.6 Å². The van der Waals surface area contributed by atoms with E-state index in [-0.39, 0.29) is 6.73 Å². The third-order valence-corrected chi connectivity index (χ3v) is 2.41. The molecule has 1 aromatic carbocycles. The average Bonchev–Trinajstić information content (AvgIpc) is 2.16. The number of ether oxygens (including phenoxy) is 1. The van der Waals surface area contributed by atoms with Crippen molar-refractivity contribution in [2.24, 2.45) is 0 Å². The van der Waals surface area contributed by atoms with E-state index in [1.807, 2.05) is 25.2 Å². The first-order valence-corrected chi connectivity index (χ1v) is 4.64. The molecule has 4 heteroatoms. The van der Waals surface area contributed by atoms with Gasteiger partial charge in [0.25, 0.3) is 0 Å². The summed E-state index contributed by atoms with van der Waals surface area (Å²) in [5, 5.41) is 8.88. The van der Waals surface area contributed by atoms with Gasteiger partial charge in [-0.15, -0.1) is 0 Å². The number of anilines is 1. The van der Waals surface area contributed by atoms with Crippen LogP contribution in [0.1, 0.15) is 0 Å². The summed E-state index contributed by atoms with van der Waals surface area (Å²) in [6.07, 6.45) is 0. The molecule has 0 amide bonds. The Kier molecular flexibility index (Phi) is 3.57. The molecule has 1 N–H and O–H groups in total. The maximum Gasteiger partial charge on any atom is 0.133 e. The lowest BCUT2D eigenvalue weighted by molar-refractivity contribution is 0.298. The molecule has 0 saturated carbocycles. The van der Waals surface area contributed by atoms with E-state index in [0.29, 0.717) is 0 Å². The quantitative estimate of drug-likeness (QED) is 0.826. The number of hydrogen-bond acceptors (Lipinski definition) is 3. The first-order chi connectivity index (χ1) is 6.19. The van der Waals surface area contributed by atoms with Gasteiger partial charge in [0.15, 0.2) is 0 Å². The average molecular weight is 246 g/mol. The first kappa shape index (κ1) is 10.3. The summed E-state index contributed by atoms with van der Waals surface area (Å²) in [5.41, 5.74) is 0.940. The van der Waals surface area contributed by atoms with Crippen molar-refractivity contribution in [1.29, 1.82) is 0 Å². The highest BCUT2D eigenvalue weighted by molar-refractivity contribution is 9.10. The van der Waals surface area contributed by atoms with E-state index in [9.17, 15) is 0 Å². The Morgan fingerprint density at radius 2 is 2.23 bits per heavy atom. The van der Waals surface area contributed by atoms with Crippen molar-refractivity contribution < 1.29 is 9.84 Å². The van der Waals surface area contributed by atoms with E-state index < -0.39 is 0 Å². The number of aliphatic hydroxyl groups is 1. The minimum absolute atomic E-state index is 0.00122. The molecule has 0 aliphatic heterocycles. The zero-order valence-corrected chi connectivity index (χ0v) is 9.21. The Morgan fingerprint density at radius 1 is 1.54 bits per heavy atom. The van der Waals surface area contributed by atoms with Gasteiger partial charge >= 0.3 is 0 Å². The molecule has 0 heterocycles. The second kappa shape index (κ2) is 4.48. The summed E-state index contributed by atoms with van der Waals surface area (Å²) in [5.74, 6) is 0.787. The molecular weight excluding hydrogens is 234 g/mol. The van der Waals surface area contributed by atoms with Gasteiger partial charge in [-0.25, -0.2) is 0 Å². The molecule has 13 heavy (non-hydrogen) atoms. The molecular formula is C9H12BrNO2. The van der Waals surface area contributed by atoms with Crippen LogP contribution in [0.15, 0.2) is 22.7 Å². The molecule has 0 atom stereocenters. The molecule has 0 bridgehead atoms. The van der Waals surface area contributed by atoms with Gasteiger partial charge in [-0.3, -0.25) is 0 Å². The number of halogens is 1. The van der Waals surface area contributed by atoms with Crippen LogP contribution in [0, 0.1) is 0 Å². The number of hydrogen-bond donors (Lipinski definition) is 1. The van der Waals surface area contributed by atoms with E-state index in [1.54, 1.807) is 12.0 Å². The van der Waals surface area contributed by atoms with Crippen LogP contribution in [0.25, 0.3) is 0 Å². The Hall–Kier alpha value is -0.740. The molecule has 0 radical (unpaired) electrons. The third kappa shape index (κ3) is 2.35. The van der Waals surface area contributed by atoms with Crippen LogP contribution in [-0.4, -0.2) is 26.0 Å². The van der Waals surface area contributed by atoms with Crippen LogP contribution in [0.4, 0.5) is 5.69 Å². The fraction of sp³-hybridized carbons (Fsp3) is 0.333. The molecule has 1 rings (SSSR count). The van der Waals surface area contributed by atoms with Gasteiger partial charge in [-0.05, 0) is 34.1 Å². The summed E-state index contributed by atoms with van der Waals surface area (Å²) in [7, 11) is 3.43. The molecule has 0 aromatic heterocycles. The number of nitrogens with zero attached hydrogens (tertiary/aromatic N) is 1. The molecule has 1 aromatic rings. The lowest BCUT2D eigenvalue weighted by Gasteiger charge is -2.16. The summed E-state index contributed by atoms with van der Waals surface area (Å²) >= 11 is 3.37. The van der Waals surface area contributed by atoms with E-state index in [4.69, 9.17) is 9.84 Å². The zero-order valence-electron chi connectivity index (χ0n) is 7.62. The topological polar surface area (TPSA) is 32.7 Å². The monoisotopic (exact) mass is 245 g/mol. The van der Waals surface area contributed by atoms with Gasteiger partial charge in [0.1, 0.15) is 12.5 Å². The van der Waals surface area contributed by atoms with Crippen molar-refractivity contribution in [3.8, 4) is 5.75 Å². The van der Waals surface area contributed by atoms with Gasteiger partial charge in [-0.1, -0.05) is 0 Å². The predicted molar refractivity (Wildman–Crippen MR) is 56.2 cm³/mol. The summed E-state index contributed by atoms with van der Waals surface area (Å²) in [4.78, 5) is 1.73. The largest absolute Gasteiger partial charge is 0.496 e. The Labute approximate surface area is 86.1 Å². The molecule has 0 spiro atoms. The van der Waals surface area contributed by atoms with Gasteiger partial charge in [0, 0.05) is 12.7 Å². The smallest absolute Gasteiger partial charge is 0.133 e. The third-order valence-electron chi connectivity index (χ3n) is 1.79. The molecule has 0 fully saturated rings. The molecule has 3 nitrogen and oxygen atoms in total. The lowest BCUT2D eigenvalue weighted by Crippen LogP contribution is -2.17. The lowest BCUT2D eigenvalue weighted by atomic mass is 10.3. The Balaban J connectivity index is 2.95. The van der Waals surface area contributed by atoms with Crippen LogP contribution >= 0.6 is 15.9 Å². The zero-order chi connectivity index (χ0) is 9.84.